The summed E-state index contributed by atoms with van der Waals surface area (Å²) in [6, 6.07) is 5.54. The molecule has 2 N–H and O–H groups in total. The maximum Gasteiger partial charge on any atom is 0.271 e. The van der Waals surface area contributed by atoms with Crippen molar-refractivity contribution >= 4 is 17.7 Å². The van der Waals surface area contributed by atoms with Crippen molar-refractivity contribution in [3.63, 3.8) is 0 Å². The van der Waals surface area contributed by atoms with Gasteiger partial charge in [0.05, 0.1) is 11.1 Å². The van der Waals surface area contributed by atoms with E-state index < -0.39 is 5.41 Å². The number of carbonyl (C=O) groups excluding carboxylic acids is 3. The van der Waals surface area contributed by atoms with E-state index in [0.29, 0.717) is 24.4 Å². The molecule has 4 heterocycles. The summed E-state index contributed by atoms with van der Waals surface area (Å²) in [5, 5.41) is 9.32. The summed E-state index contributed by atoms with van der Waals surface area (Å²) < 4.78 is 1.92. The van der Waals surface area contributed by atoms with Crippen molar-refractivity contribution in [3.8, 4) is 11.4 Å². The zero-order chi connectivity index (χ0) is 16.9. The molecule has 0 saturated carbocycles. The van der Waals surface area contributed by atoms with Crippen molar-refractivity contribution in [1.29, 1.82) is 0 Å². The zero-order valence-electron chi connectivity index (χ0n) is 13.2. The topological polar surface area (TPSA) is 100 Å². The fourth-order valence-corrected chi connectivity index (χ4v) is 3.53. The highest BCUT2D eigenvalue weighted by Gasteiger charge is 2.51. The van der Waals surface area contributed by atoms with E-state index in [0.717, 1.165) is 5.69 Å². The van der Waals surface area contributed by atoms with Gasteiger partial charge in [-0.2, -0.15) is 5.10 Å². The molecule has 2 aliphatic heterocycles. The molecule has 1 spiro atoms. The van der Waals surface area contributed by atoms with Crippen molar-refractivity contribution in [2.24, 2.45) is 12.5 Å². The quantitative estimate of drug-likeness (QED) is 0.775. The highest BCUT2D eigenvalue weighted by molar-refractivity contribution is 6.06. The monoisotopic (exact) mass is 327 g/mol. The third-order valence-corrected chi connectivity index (χ3v) is 4.89. The number of nitrogens with zero attached hydrogens (tertiary/aromatic N) is 3. The first-order valence-electron chi connectivity index (χ1n) is 7.79. The second-order valence-electron chi connectivity index (χ2n) is 6.48. The Morgan fingerprint density at radius 3 is 2.88 bits per heavy atom. The number of imide groups is 1. The van der Waals surface area contributed by atoms with E-state index >= 15 is 0 Å². The van der Waals surface area contributed by atoms with E-state index in [9.17, 15) is 14.4 Å². The molecule has 1 atom stereocenters. The van der Waals surface area contributed by atoms with E-state index in [1.165, 1.54) is 0 Å². The first-order chi connectivity index (χ1) is 11.5. The van der Waals surface area contributed by atoms with Gasteiger partial charge in [-0.25, -0.2) is 0 Å². The number of rotatable bonds is 2. The molecule has 0 unspecified atom stereocenters. The fourth-order valence-electron chi connectivity index (χ4n) is 3.53. The van der Waals surface area contributed by atoms with Crippen LogP contribution < -0.4 is 5.32 Å². The van der Waals surface area contributed by atoms with Crippen molar-refractivity contribution in [3.05, 3.63) is 30.1 Å². The Balaban J connectivity index is 1.53. The Morgan fingerprint density at radius 2 is 2.21 bits per heavy atom. The molecule has 4 rings (SSSR count). The summed E-state index contributed by atoms with van der Waals surface area (Å²) in [5.41, 5.74) is 1.22. The molecule has 0 radical (unpaired) electrons. The van der Waals surface area contributed by atoms with E-state index in [1.807, 2.05) is 29.9 Å². The molecule has 3 amide bonds. The van der Waals surface area contributed by atoms with Crippen LogP contribution in [0, 0.1) is 5.41 Å². The first-order valence-corrected chi connectivity index (χ1v) is 7.79. The lowest BCUT2D eigenvalue weighted by Crippen LogP contribution is -2.36. The average Bonchev–Trinajstić information content (AvgIpc) is 3.28. The molecule has 0 bridgehead atoms. The summed E-state index contributed by atoms with van der Waals surface area (Å²) in [7, 11) is 1.91. The van der Waals surface area contributed by atoms with Crippen LogP contribution in [-0.4, -0.2) is 50.5 Å². The SMILES string of the molecule is Cn1cccc1-c1cc(C(=O)N2CC[C@]3(CC(=O)NC3=O)C2)[nH]n1. The van der Waals surface area contributed by atoms with Crippen molar-refractivity contribution in [2.45, 2.75) is 12.8 Å². The lowest BCUT2D eigenvalue weighted by molar-refractivity contribution is -0.128. The smallest absolute Gasteiger partial charge is 0.271 e. The summed E-state index contributed by atoms with van der Waals surface area (Å²) >= 11 is 0. The number of aromatic nitrogens is 3. The normalized spacial score (nSPS) is 23.3. The van der Waals surface area contributed by atoms with Gasteiger partial charge in [-0.05, 0) is 24.6 Å². The Kier molecular flexibility index (Phi) is 3.09. The van der Waals surface area contributed by atoms with Crippen LogP contribution in [-0.2, 0) is 16.6 Å². The van der Waals surface area contributed by atoms with E-state index in [1.54, 1.807) is 11.0 Å². The minimum Gasteiger partial charge on any atom is -0.349 e. The van der Waals surface area contributed by atoms with Gasteiger partial charge in [0.2, 0.25) is 11.8 Å². The van der Waals surface area contributed by atoms with E-state index in [2.05, 4.69) is 15.5 Å². The largest absolute Gasteiger partial charge is 0.349 e. The molecular weight excluding hydrogens is 310 g/mol. The Labute approximate surface area is 137 Å². The molecule has 8 heteroatoms. The first kappa shape index (κ1) is 14.7. The number of likely N-dealkylation sites (tertiary alicyclic amines) is 1. The number of nitrogens with one attached hydrogen (secondary N) is 2. The van der Waals surface area contributed by atoms with Crippen LogP contribution in [0.3, 0.4) is 0 Å². The standard InChI is InChI=1S/C16H17N5O3/c1-20-5-2-3-12(20)10-7-11(19-18-10)14(23)21-6-4-16(9-21)8-13(22)17-15(16)24/h2-3,5,7H,4,6,8-9H2,1H3,(H,18,19)(H,17,22,24)/t16-/m0/s1. The predicted molar refractivity (Wildman–Crippen MR) is 83.7 cm³/mol. The maximum absolute atomic E-state index is 12.7. The number of amides is 3. The highest BCUT2D eigenvalue weighted by atomic mass is 16.2. The molecule has 8 nitrogen and oxygen atoms in total. The third kappa shape index (κ3) is 2.14. The number of hydrogen-bond acceptors (Lipinski definition) is 4. The van der Waals surface area contributed by atoms with Crippen LogP contribution in [0.25, 0.3) is 11.4 Å². The molecule has 2 aliphatic rings. The van der Waals surface area contributed by atoms with Crippen molar-refractivity contribution in [2.75, 3.05) is 13.1 Å². The maximum atomic E-state index is 12.7. The minimum absolute atomic E-state index is 0.160. The van der Waals surface area contributed by atoms with Crippen LogP contribution in [0.2, 0.25) is 0 Å². The Morgan fingerprint density at radius 1 is 1.38 bits per heavy atom. The van der Waals surface area contributed by atoms with E-state index in [4.69, 9.17) is 0 Å². The van der Waals surface area contributed by atoms with Crippen molar-refractivity contribution < 1.29 is 14.4 Å². The Bertz CT molecular complexity index is 852. The second-order valence-corrected chi connectivity index (χ2v) is 6.48. The summed E-state index contributed by atoms with van der Waals surface area (Å²) in [6.07, 6.45) is 2.58. The molecule has 2 saturated heterocycles. The summed E-state index contributed by atoms with van der Waals surface area (Å²) in [5.74, 6) is -0.731. The number of aromatic amines is 1. The molecule has 0 aliphatic carbocycles. The van der Waals surface area contributed by atoms with Crippen LogP contribution in [0.4, 0.5) is 0 Å². The Hall–Kier alpha value is -2.90. The molecule has 0 aromatic carbocycles. The molecule has 2 aromatic rings. The molecule has 24 heavy (non-hydrogen) atoms. The third-order valence-electron chi connectivity index (χ3n) is 4.89. The highest BCUT2D eigenvalue weighted by Crippen LogP contribution is 2.38. The fraction of sp³-hybridized carbons (Fsp3) is 0.375. The lowest BCUT2D eigenvalue weighted by Gasteiger charge is -2.19. The van der Waals surface area contributed by atoms with E-state index in [-0.39, 0.29) is 30.7 Å². The van der Waals surface area contributed by atoms with Gasteiger partial charge in [0.15, 0.2) is 0 Å². The van der Waals surface area contributed by atoms with Gasteiger partial charge in [0.1, 0.15) is 11.4 Å². The van der Waals surface area contributed by atoms with Gasteiger partial charge in [0.25, 0.3) is 5.91 Å². The second kappa shape index (κ2) is 5.05. The molecule has 124 valence electrons. The van der Waals surface area contributed by atoms with Crippen LogP contribution in [0.5, 0.6) is 0 Å². The molecule has 2 fully saturated rings. The van der Waals surface area contributed by atoms with Gasteiger partial charge in [-0.3, -0.25) is 24.8 Å². The molecule has 2 aromatic heterocycles. The van der Waals surface area contributed by atoms with Crippen LogP contribution in [0.1, 0.15) is 23.3 Å². The van der Waals surface area contributed by atoms with Gasteiger partial charge in [0, 0.05) is 32.8 Å². The van der Waals surface area contributed by atoms with Crippen molar-refractivity contribution in [1.82, 2.24) is 25.0 Å². The average molecular weight is 327 g/mol. The van der Waals surface area contributed by atoms with Crippen LogP contribution >= 0.6 is 0 Å². The lowest BCUT2D eigenvalue weighted by atomic mass is 9.85. The summed E-state index contributed by atoms with van der Waals surface area (Å²) in [6.45, 7) is 0.722. The number of H-pyrrole nitrogens is 1. The van der Waals surface area contributed by atoms with Gasteiger partial charge < -0.3 is 9.47 Å². The number of carbonyl (C=O) groups is 3. The van der Waals surface area contributed by atoms with Gasteiger partial charge >= 0.3 is 0 Å². The zero-order valence-corrected chi connectivity index (χ0v) is 13.2. The predicted octanol–water partition coefficient (Wildman–Crippen LogP) is 0.294. The number of hydrogen-bond donors (Lipinski definition) is 2. The van der Waals surface area contributed by atoms with Gasteiger partial charge in [-0.15, -0.1) is 0 Å². The summed E-state index contributed by atoms with van der Waals surface area (Å²) in [4.78, 5) is 37.8. The minimum atomic E-state index is -0.756. The molecular formula is C16H17N5O3. The number of aryl methyl sites for hydroxylation is 1. The van der Waals surface area contributed by atoms with Gasteiger partial charge in [-0.1, -0.05) is 0 Å². The van der Waals surface area contributed by atoms with Crippen LogP contribution in [0.15, 0.2) is 24.4 Å².